The fraction of sp³-hybridized carbons (Fsp3) is 0.632. The highest BCUT2D eigenvalue weighted by molar-refractivity contribution is 6.18. The molecule has 1 atom stereocenters. The first kappa shape index (κ1) is 27.1. The smallest absolute Gasteiger partial charge is 0.302 e. The summed E-state index contributed by atoms with van der Waals surface area (Å²) in [7, 11) is 5.44. The number of esters is 1. The first-order valence-electron chi connectivity index (χ1n) is 8.46. The van der Waals surface area contributed by atoms with Gasteiger partial charge in [0.2, 0.25) is 0 Å². The van der Waals surface area contributed by atoms with Crippen molar-refractivity contribution < 1.29 is 19.0 Å². The summed E-state index contributed by atoms with van der Waals surface area (Å²) in [6.45, 7) is 7.85. The summed E-state index contributed by atoms with van der Waals surface area (Å²) in [5.41, 5.74) is 1.25. The number of nitrogens with zero attached hydrogens (tertiary/aromatic N) is 1. The minimum atomic E-state index is -0.211. The maximum absolute atomic E-state index is 9.82. The molecule has 0 aliphatic heterocycles. The van der Waals surface area contributed by atoms with Crippen LogP contribution in [0.2, 0.25) is 0 Å². The molecule has 26 heavy (non-hydrogen) atoms. The van der Waals surface area contributed by atoms with E-state index in [-0.39, 0.29) is 18.4 Å². The minimum Gasteiger partial charge on any atom is -0.493 e. The van der Waals surface area contributed by atoms with E-state index in [1.165, 1.54) is 12.5 Å². The molecule has 0 spiro atoms. The summed E-state index contributed by atoms with van der Waals surface area (Å²) < 4.78 is 14.9. The molecule has 7 heteroatoms. The van der Waals surface area contributed by atoms with E-state index in [0.717, 1.165) is 31.0 Å². The molecule has 1 aromatic carbocycles. The Morgan fingerprint density at radius 1 is 1.23 bits per heavy atom. The molecule has 1 rings (SSSR count). The number of alkyl halides is 1. The van der Waals surface area contributed by atoms with E-state index >= 15 is 0 Å². The van der Waals surface area contributed by atoms with Gasteiger partial charge in [0.05, 0.1) is 20.8 Å². The molecule has 152 valence electrons. The first-order chi connectivity index (χ1) is 11.9. The summed E-state index contributed by atoms with van der Waals surface area (Å²) in [4.78, 5) is 12.1. The van der Waals surface area contributed by atoms with Crippen molar-refractivity contribution in [3.63, 3.8) is 0 Å². The lowest BCUT2D eigenvalue weighted by Crippen LogP contribution is -2.27. The van der Waals surface area contributed by atoms with Crippen molar-refractivity contribution in [2.75, 3.05) is 46.8 Å². The summed E-state index contributed by atoms with van der Waals surface area (Å²) in [6, 6.07) is 6.08. The SMILES string of the molecule is CCOC(C)=O.COc1ccc(CCN(C)C[C@H](C)CCl)cc1OC.Cl. The standard InChI is InChI=1S/C15H24ClNO2.C4H8O2.ClH/c1-12(10-16)11-17(2)8-7-13-5-6-14(18-3)15(9-13)19-4;1-3-6-4(2)5;/h5-6,9,12H,7-8,10-11H2,1-4H3;3H2,1-2H3;1H/t12-;;/m1../s1. The molecule has 5 nitrogen and oxygen atoms in total. The first-order valence-corrected chi connectivity index (χ1v) is 9.00. The van der Waals surface area contributed by atoms with Gasteiger partial charge in [-0.1, -0.05) is 13.0 Å². The Bertz CT molecular complexity index is 500. The van der Waals surface area contributed by atoms with Crippen LogP contribution in [0.25, 0.3) is 0 Å². The van der Waals surface area contributed by atoms with Crippen LogP contribution in [0.3, 0.4) is 0 Å². The molecular weight excluding hydrogens is 377 g/mol. The number of methoxy groups -OCH3 is 2. The number of hydrogen-bond acceptors (Lipinski definition) is 5. The summed E-state index contributed by atoms with van der Waals surface area (Å²) >= 11 is 5.83. The second kappa shape index (κ2) is 16.0. The summed E-state index contributed by atoms with van der Waals surface area (Å²) in [5, 5.41) is 0. The van der Waals surface area contributed by atoms with Crippen molar-refractivity contribution in [1.29, 1.82) is 0 Å². The number of carbonyl (C=O) groups excluding carboxylic acids is 1. The lowest BCUT2D eigenvalue weighted by molar-refractivity contribution is -0.140. The monoisotopic (exact) mass is 409 g/mol. The van der Waals surface area contributed by atoms with Crippen molar-refractivity contribution in [3.8, 4) is 11.5 Å². The molecule has 0 saturated carbocycles. The van der Waals surface area contributed by atoms with Crippen LogP contribution in [0.5, 0.6) is 11.5 Å². The molecule has 0 aliphatic carbocycles. The van der Waals surface area contributed by atoms with Crippen LogP contribution in [0.1, 0.15) is 26.3 Å². The van der Waals surface area contributed by atoms with Crippen LogP contribution < -0.4 is 9.47 Å². The molecule has 0 bridgehead atoms. The predicted molar refractivity (Wildman–Crippen MR) is 110 cm³/mol. The number of carbonyl (C=O) groups is 1. The Morgan fingerprint density at radius 3 is 2.27 bits per heavy atom. The third kappa shape index (κ3) is 12.2. The van der Waals surface area contributed by atoms with E-state index in [0.29, 0.717) is 18.4 Å². The van der Waals surface area contributed by atoms with Crippen molar-refractivity contribution in [1.82, 2.24) is 4.90 Å². The number of hydrogen-bond donors (Lipinski definition) is 0. The average molecular weight is 410 g/mol. The van der Waals surface area contributed by atoms with Crippen LogP contribution in [0.4, 0.5) is 0 Å². The van der Waals surface area contributed by atoms with Gasteiger partial charge in [-0.3, -0.25) is 4.79 Å². The Hall–Kier alpha value is -1.17. The molecule has 0 radical (unpaired) electrons. The normalized spacial score (nSPS) is 10.9. The van der Waals surface area contributed by atoms with Crippen LogP contribution in [0.15, 0.2) is 18.2 Å². The van der Waals surface area contributed by atoms with Gasteiger partial charge in [-0.2, -0.15) is 0 Å². The van der Waals surface area contributed by atoms with Gasteiger partial charge < -0.3 is 19.1 Å². The average Bonchev–Trinajstić information content (AvgIpc) is 2.59. The highest BCUT2D eigenvalue weighted by atomic mass is 35.5. The third-order valence-electron chi connectivity index (χ3n) is 3.46. The summed E-state index contributed by atoms with van der Waals surface area (Å²) in [6.07, 6.45) is 0.992. The number of ether oxygens (including phenoxy) is 3. The number of rotatable bonds is 9. The zero-order chi connectivity index (χ0) is 19.2. The van der Waals surface area contributed by atoms with Gasteiger partial charge in [0, 0.05) is 25.9 Å². The summed E-state index contributed by atoms with van der Waals surface area (Å²) in [5.74, 6) is 2.59. The number of likely N-dealkylation sites (N-methyl/N-ethyl adjacent to an activating group) is 1. The van der Waals surface area contributed by atoms with E-state index in [2.05, 4.69) is 29.7 Å². The quantitative estimate of drug-likeness (QED) is 0.454. The molecule has 1 aromatic rings. The molecular formula is C19H33Cl2NO4. The molecule has 0 aliphatic rings. The lowest BCUT2D eigenvalue weighted by Gasteiger charge is -2.20. The molecule has 0 amide bonds. The Kier molecular flexibility index (Phi) is 16.7. The predicted octanol–water partition coefficient (Wildman–Crippen LogP) is 4.04. The van der Waals surface area contributed by atoms with Gasteiger partial charge in [0.1, 0.15) is 0 Å². The molecule has 0 unspecified atom stereocenters. The van der Waals surface area contributed by atoms with Crippen LogP contribution in [-0.2, 0) is 16.0 Å². The molecule has 0 fully saturated rings. The lowest BCUT2D eigenvalue weighted by atomic mass is 10.1. The highest BCUT2D eigenvalue weighted by Gasteiger charge is 2.07. The molecule has 0 aromatic heterocycles. The number of halogens is 2. The highest BCUT2D eigenvalue weighted by Crippen LogP contribution is 2.27. The van der Waals surface area contributed by atoms with Gasteiger partial charge in [0.25, 0.3) is 0 Å². The molecule has 0 saturated heterocycles. The van der Waals surface area contributed by atoms with Gasteiger partial charge in [-0.15, -0.1) is 24.0 Å². The third-order valence-corrected chi connectivity index (χ3v) is 3.99. The molecule has 0 heterocycles. The molecule has 0 N–H and O–H groups in total. The minimum absolute atomic E-state index is 0. The van der Waals surface area contributed by atoms with E-state index in [9.17, 15) is 4.79 Å². The van der Waals surface area contributed by atoms with E-state index in [1.807, 2.05) is 12.1 Å². The zero-order valence-electron chi connectivity index (χ0n) is 16.7. The van der Waals surface area contributed by atoms with Crippen LogP contribution >= 0.6 is 24.0 Å². The topological polar surface area (TPSA) is 48.0 Å². The Labute approximate surface area is 169 Å². The van der Waals surface area contributed by atoms with E-state index in [1.54, 1.807) is 21.1 Å². The van der Waals surface area contributed by atoms with Crippen molar-refractivity contribution in [2.45, 2.75) is 27.2 Å². The van der Waals surface area contributed by atoms with Gasteiger partial charge in [-0.05, 0) is 44.0 Å². The van der Waals surface area contributed by atoms with Gasteiger partial charge in [0.15, 0.2) is 11.5 Å². The van der Waals surface area contributed by atoms with Crippen molar-refractivity contribution in [2.24, 2.45) is 5.92 Å². The zero-order valence-corrected chi connectivity index (χ0v) is 18.3. The van der Waals surface area contributed by atoms with Crippen LogP contribution in [0, 0.1) is 5.92 Å². The Balaban J connectivity index is 0. The second-order valence-electron chi connectivity index (χ2n) is 5.89. The van der Waals surface area contributed by atoms with Crippen molar-refractivity contribution >= 4 is 30.0 Å². The van der Waals surface area contributed by atoms with E-state index < -0.39 is 0 Å². The number of benzene rings is 1. The van der Waals surface area contributed by atoms with Gasteiger partial charge >= 0.3 is 5.97 Å². The Morgan fingerprint density at radius 2 is 1.85 bits per heavy atom. The van der Waals surface area contributed by atoms with Crippen molar-refractivity contribution in [3.05, 3.63) is 23.8 Å². The maximum Gasteiger partial charge on any atom is 0.302 e. The van der Waals surface area contributed by atoms with Gasteiger partial charge in [-0.25, -0.2) is 0 Å². The maximum atomic E-state index is 9.82. The van der Waals surface area contributed by atoms with Crippen LogP contribution in [-0.4, -0.2) is 57.7 Å². The van der Waals surface area contributed by atoms with E-state index in [4.69, 9.17) is 21.1 Å². The fourth-order valence-electron chi connectivity index (χ4n) is 2.23. The largest absolute Gasteiger partial charge is 0.493 e. The fourth-order valence-corrected chi connectivity index (χ4v) is 2.33. The second-order valence-corrected chi connectivity index (χ2v) is 6.19.